The number of benzene rings is 1. The highest BCUT2D eigenvalue weighted by Crippen LogP contribution is 2.32. The molecule has 1 aliphatic heterocycles. The highest BCUT2D eigenvalue weighted by atomic mass is 35.5. The molecule has 94 valence electrons. The molecule has 0 aliphatic carbocycles. The summed E-state index contributed by atoms with van der Waals surface area (Å²) in [6, 6.07) is 5.02. The molecule has 0 spiro atoms. The van der Waals surface area contributed by atoms with Crippen LogP contribution < -0.4 is 10.6 Å². The SMILES string of the molecule is [N-]=[N+]=NCC1CC(=O)N(c2cc(Cl)ccc2N)C1. The van der Waals surface area contributed by atoms with E-state index in [0.29, 0.717) is 35.9 Å². The molecule has 0 saturated carbocycles. The maximum Gasteiger partial charge on any atom is 0.227 e. The predicted octanol–water partition coefficient (Wildman–Crippen LogP) is 2.59. The van der Waals surface area contributed by atoms with Crippen molar-refractivity contribution >= 4 is 28.9 Å². The summed E-state index contributed by atoms with van der Waals surface area (Å²) in [5.74, 6) is 0.00823. The molecular weight excluding hydrogens is 254 g/mol. The topological polar surface area (TPSA) is 95.1 Å². The van der Waals surface area contributed by atoms with Crippen LogP contribution in [0, 0.1) is 5.92 Å². The van der Waals surface area contributed by atoms with Crippen LogP contribution in [0.15, 0.2) is 23.3 Å². The van der Waals surface area contributed by atoms with Crippen LogP contribution in [0.5, 0.6) is 0 Å². The van der Waals surface area contributed by atoms with Gasteiger partial charge in [-0.2, -0.15) is 0 Å². The third-order valence-electron chi connectivity index (χ3n) is 2.89. The van der Waals surface area contributed by atoms with Gasteiger partial charge in [0.05, 0.1) is 11.4 Å². The van der Waals surface area contributed by atoms with Crippen molar-refractivity contribution in [2.45, 2.75) is 6.42 Å². The van der Waals surface area contributed by atoms with E-state index < -0.39 is 0 Å². The van der Waals surface area contributed by atoms with Crippen LogP contribution in [-0.2, 0) is 4.79 Å². The van der Waals surface area contributed by atoms with E-state index in [0.717, 1.165) is 0 Å². The number of azide groups is 1. The number of rotatable bonds is 3. The number of anilines is 2. The molecule has 1 aromatic carbocycles. The Morgan fingerprint density at radius 3 is 3.11 bits per heavy atom. The normalized spacial score (nSPS) is 18.8. The molecule has 1 fully saturated rings. The fraction of sp³-hybridized carbons (Fsp3) is 0.364. The minimum atomic E-state index is -0.0258. The van der Waals surface area contributed by atoms with Crippen LogP contribution in [0.4, 0.5) is 11.4 Å². The summed E-state index contributed by atoms with van der Waals surface area (Å²) in [6.45, 7) is 0.821. The number of nitrogens with zero attached hydrogens (tertiary/aromatic N) is 4. The van der Waals surface area contributed by atoms with E-state index in [1.807, 2.05) is 0 Å². The van der Waals surface area contributed by atoms with Gasteiger partial charge in [-0.25, -0.2) is 0 Å². The van der Waals surface area contributed by atoms with Crippen molar-refractivity contribution in [3.63, 3.8) is 0 Å². The van der Waals surface area contributed by atoms with E-state index in [2.05, 4.69) is 10.0 Å². The lowest BCUT2D eigenvalue weighted by atomic mass is 10.1. The number of nitrogen functional groups attached to an aromatic ring is 1. The molecule has 18 heavy (non-hydrogen) atoms. The monoisotopic (exact) mass is 265 g/mol. The number of hydrogen-bond acceptors (Lipinski definition) is 3. The van der Waals surface area contributed by atoms with E-state index in [1.165, 1.54) is 0 Å². The van der Waals surface area contributed by atoms with Crippen molar-refractivity contribution < 1.29 is 4.79 Å². The fourth-order valence-electron chi connectivity index (χ4n) is 2.04. The maximum absolute atomic E-state index is 11.9. The van der Waals surface area contributed by atoms with Crippen LogP contribution in [0.2, 0.25) is 5.02 Å². The second-order valence-electron chi connectivity index (χ2n) is 4.19. The zero-order valence-electron chi connectivity index (χ0n) is 9.58. The van der Waals surface area contributed by atoms with Gasteiger partial charge in [-0.15, -0.1) is 0 Å². The molecule has 7 heteroatoms. The van der Waals surface area contributed by atoms with E-state index in [9.17, 15) is 4.79 Å². The van der Waals surface area contributed by atoms with Crippen molar-refractivity contribution in [3.05, 3.63) is 33.7 Å². The molecule has 2 N–H and O–H groups in total. The molecule has 1 heterocycles. The lowest BCUT2D eigenvalue weighted by Crippen LogP contribution is -2.25. The van der Waals surface area contributed by atoms with Gasteiger partial charge in [0.2, 0.25) is 5.91 Å². The van der Waals surface area contributed by atoms with Gasteiger partial charge in [-0.3, -0.25) is 4.79 Å². The average molecular weight is 266 g/mol. The van der Waals surface area contributed by atoms with Crippen LogP contribution in [0.3, 0.4) is 0 Å². The van der Waals surface area contributed by atoms with Gasteiger partial charge in [0, 0.05) is 29.4 Å². The van der Waals surface area contributed by atoms with E-state index in [4.69, 9.17) is 22.9 Å². The summed E-state index contributed by atoms with van der Waals surface area (Å²) in [6.07, 6.45) is 0.366. The predicted molar refractivity (Wildman–Crippen MR) is 70.3 cm³/mol. The van der Waals surface area contributed by atoms with Gasteiger partial charge >= 0.3 is 0 Å². The van der Waals surface area contributed by atoms with Crippen molar-refractivity contribution in [2.75, 3.05) is 23.7 Å². The molecule has 0 radical (unpaired) electrons. The second kappa shape index (κ2) is 5.16. The Balaban J connectivity index is 2.21. The summed E-state index contributed by atoms with van der Waals surface area (Å²) in [5, 5.41) is 4.03. The first-order valence-electron chi connectivity index (χ1n) is 5.48. The molecule has 1 atom stereocenters. The summed E-state index contributed by atoms with van der Waals surface area (Å²) >= 11 is 5.90. The molecule has 1 aliphatic rings. The number of halogens is 1. The number of carbonyl (C=O) groups excluding carboxylic acids is 1. The summed E-state index contributed by atoms with van der Waals surface area (Å²) in [5.41, 5.74) is 15.3. The molecule has 0 bridgehead atoms. The lowest BCUT2D eigenvalue weighted by molar-refractivity contribution is -0.117. The molecule has 1 unspecified atom stereocenters. The first-order chi connectivity index (χ1) is 8.61. The van der Waals surface area contributed by atoms with E-state index in [1.54, 1.807) is 23.1 Å². The van der Waals surface area contributed by atoms with Gasteiger partial charge in [0.15, 0.2) is 0 Å². The molecule has 6 nitrogen and oxygen atoms in total. The number of nitrogens with two attached hydrogens (primary N) is 1. The van der Waals surface area contributed by atoms with Gasteiger partial charge in [-0.1, -0.05) is 16.7 Å². The van der Waals surface area contributed by atoms with Crippen molar-refractivity contribution in [1.29, 1.82) is 0 Å². The first-order valence-corrected chi connectivity index (χ1v) is 5.86. The standard InChI is InChI=1S/C11H12ClN5O/c12-8-1-2-9(13)10(4-8)17-6-7(3-11(17)18)5-15-16-14/h1-2,4,7H,3,5-6,13H2. The quantitative estimate of drug-likeness (QED) is 0.393. The lowest BCUT2D eigenvalue weighted by Gasteiger charge is -2.18. The van der Waals surface area contributed by atoms with Gasteiger partial charge in [0.25, 0.3) is 0 Å². The molecule has 1 saturated heterocycles. The number of amides is 1. The van der Waals surface area contributed by atoms with Crippen LogP contribution >= 0.6 is 11.6 Å². The van der Waals surface area contributed by atoms with Crippen molar-refractivity contribution in [1.82, 2.24) is 0 Å². The van der Waals surface area contributed by atoms with Crippen LogP contribution in [-0.4, -0.2) is 19.0 Å². The maximum atomic E-state index is 11.9. The van der Waals surface area contributed by atoms with Gasteiger partial charge < -0.3 is 10.6 Å². The summed E-state index contributed by atoms with van der Waals surface area (Å²) < 4.78 is 0. The minimum absolute atomic E-state index is 0.0258. The average Bonchev–Trinajstić information content (AvgIpc) is 2.71. The molecular formula is C11H12ClN5O. The Bertz CT molecular complexity index is 526. The minimum Gasteiger partial charge on any atom is -0.397 e. The van der Waals surface area contributed by atoms with Gasteiger partial charge in [0.1, 0.15) is 0 Å². The van der Waals surface area contributed by atoms with Crippen LogP contribution in [0.1, 0.15) is 6.42 Å². The Morgan fingerprint density at radius 1 is 1.61 bits per heavy atom. The Labute approximate surface area is 109 Å². The van der Waals surface area contributed by atoms with Crippen molar-refractivity contribution in [2.24, 2.45) is 11.0 Å². The van der Waals surface area contributed by atoms with E-state index in [-0.39, 0.29) is 11.8 Å². The van der Waals surface area contributed by atoms with E-state index >= 15 is 0 Å². The summed E-state index contributed by atoms with van der Waals surface area (Å²) in [7, 11) is 0. The molecule has 1 aromatic rings. The highest BCUT2D eigenvalue weighted by molar-refractivity contribution is 6.31. The smallest absolute Gasteiger partial charge is 0.227 e. The Morgan fingerprint density at radius 2 is 2.39 bits per heavy atom. The summed E-state index contributed by atoms with van der Waals surface area (Å²) in [4.78, 5) is 16.2. The Hall–Kier alpha value is -1.91. The second-order valence-corrected chi connectivity index (χ2v) is 4.63. The third kappa shape index (κ3) is 2.50. The first kappa shape index (κ1) is 12.5. The largest absolute Gasteiger partial charge is 0.397 e. The fourth-order valence-corrected chi connectivity index (χ4v) is 2.21. The molecule has 1 amide bonds. The zero-order chi connectivity index (χ0) is 13.1. The molecule has 0 aromatic heterocycles. The van der Waals surface area contributed by atoms with Crippen molar-refractivity contribution in [3.8, 4) is 0 Å². The zero-order valence-corrected chi connectivity index (χ0v) is 10.3. The van der Waals surface area contributed by atoms with Gasteiger partial charge in [-0.05, 0) is 29.6 Å². The van der Waals surface area contributed by atoms with Crippen LogP contribution in [0.25, 0.3) is 10.4 Å². The molecule has 2 rings (SSSR count). The third-order valence-corrected chi connectivity index (χ3v) is 3.13. The number of carbonyl (C=O) groups is 1. The highest BCUT2D eigenvalue weighted by Gasteiger charge is 2.31. The Kier molecular flexibility index (Phi) is 3.60. The number of hydrogen-bond donors (Lipinski definition) is 1.